The van der Waals surface area contributed by atoms with Crippen molar-refractivity contribution < 1.29 is 0 Å². The van der Waals surface area contributed by atoms with Gasteiger partial charge in [-0.15, -0.1) is 0 Å². The Bertz CT molecular complexity index is 602. The predicted molar refractivity (Wildman–Crippen MR) is 85.7 cm³/mol. The zero-order valence-electron chi connectivity index (χ0n) is 12.5. The number of hydrogen-bond donors (Lipinski definition) is 0. The molecular weight excluding hydrogens is 258 g/mol. The molecule has 3 heteroatoms. The van der Waals surface area contributed by atoms with Crippen LogP contribution < -0.4 is 0 Å². The topological polar surface area (TPSA) is 29.0 Å². The second-order valence-electron chi connectivity index (χ2n) is 5.44. The zero-order chi connectivity index (χ0) is 14.5. The van der Waals surface area contributed by atoms with Crippen LogP contribution in [0.2, 0.25) is 0 Å². The Morgan fingerprint density at radius 2 is 1.86 bits per heavy atom. The van der Waals surface area contributed by atoms with Gasteiger partial charge >= 0.3 is 0 Å². The monoisotopic (exact) mass is 279 g/mol. The number of hydrogen-bond acceptors (Lipinski definition) is 3. The Kier molecular flexibility index (Phi) is 4.41. The molecule has 0 unspecified atom stereocenters. The highest BCUT2D eigenvalue weighted by molar-refractivity contribution is 5.65. The van der Waals surface area contributed by atoms with Crippen molar-refractivity contribution in [2.24, 2.45) is 0 Å². The molecule has 108 valence electrons. The molecule has 1 aliphatic heterocycles. The minimum Gasteiger partial charge on any atom is -0.295 e. The molecular formula is C18H21N3. The Hall–Kier alpha value is -2.00. The predicted octanol–water partition coefficient (Wildman–Crippen LogP) is 3.33. The Morgan fingerprint density at radius 3 is 2.48 bits per heavy atom. The number of rotatable bonds is 4. The van der Waals surface area contributed by atoms with E-state index >= 15 is 0 Å². The van der Waals surface area contributed by atoms with Gasteiger partial charge in [-0.2, -0.15) is 0 Å². The van der Waals surface area contributed by atoms with E-state index in [0.29, 0.717) is 0 Å². The number of aryl methyl sites for hydroxylation is 1. The van der Waals surface area contributed by atoms with Crippen molar-refractivity contribution in [1.29, 1.82) is 0 Å². The molecule has 1 aromatic carbocycles. The van der Waals surface area contributed by atoms with E-state index in [4.69, 9.17) is 0 Å². The van der Waals surface area contributed by atoms with Crippen LogP contribution in [0.1, 0.15) is 30.3 Å². The first-order valence-corrected chi connectivity index (χ1v) is 7.62. The summed E-state index contributed by atoms with van der Waals surface area (Å²) in [7, 11) is 0. The molecule has 21 heavy (non-hydrogen) atoms. The third-order valence-corrected chi connectivity index (χ3v) is 3.93. The maximum absolute atomic E-state index is 4.39. The number of aromatic nitrogens is 2. The summed E-state index contributed by atoms with van der Waals surface area (Å²) in [6, 6.07) is 10.7. The number of benzene rings is 1. The van der Waals surface area contributed by atoms with E-state index < -0.39 is 0 Å². The normalized spacial score (nSPS) is 15.8. The third kappa shape index (κ3) is 3.56. The fraction of sp³-hybridized carbons (Fsp3) is 0.333. The molecule has 0 bridgehead atoms. The summed E-state index contributed by atoms with van der Waals surface area (Å²) in [5.41, 5.74) is 3.93. The maximum Gasteiger partial charge on any atom is 0.127 e. The Labute approximate surface area is 126 Å². The molecule has 2 aromatic rings. The summed E-state index contributed by atoms with van der Waals surface area (Å²) in [5, 5.41) is 0. The van der Waals surface area contributed by atoms with Gasteiger partial charge in [-0.05, 0) is 17.6 Å². The van der Waals surface area contributed by atoms with E-state index in [1.165, 1.54) is 16.7 Å². The third-order valence-electron chi connectivity index (χ3n) is 3.93. The molecule has 0 atom stereocenters. The van der Waals surface area contributed by atoms with Crippen LogP contribution >= 0.6 is 0 Å². The van der Waals surface area contributed by atoms with E-state index in [-0.39, 0.29) is 0 Å². The molecule has 0 spiro atoms. The van der Waals surface area contributed by atoms with Crippen LogP contribution in [-0.2, 0) is 13.0 Å². The highest BCUT2D eigenvalue weighted by Crippen LogP contribution is 2.22. The smallest absolute Gasteiger partial charge is 0.127 e. The van der Waals surface area contributed by atoms with Crippen LogP contribution in [0.5, 0.6) is 0 Å². The lowest BCUT2D eigenvalue weighted by molar-refractivity contribution is 0.294. The Balaban J connectivity index is 1.63. The van der Waals surface area contributed by atoms with Gasteiger partial charge in [0.1, 0.15) is 5.82 Å². The van der Waals surface area contributed by atoms with Crippen molar-refractivity contribution in [1.82, 2.24) is 14.9 Å². The average molecular weight is 279 g/mol. The lowest BCUT2D eigenvalue weighted by Gasteiger charge is -2.26. The van der Waals surface area contributed by atoms with Gasteiger partial charge in [0.25, 0.3) is 0 Å². The summed E-state index contributed by atoms with van der Waals surface area (Å²) >= 11 is 0. The summed E-state index contributed by atoms with van der Waals surface area (Å²) in [6.45, 7) is 5.20. The molecule has 0 saturated carbocycles. The molecule has 3 nitrogen and oxygen atoms in total. The van der Waals surface area contributed by atoms with E-state index in [1.54, 1.807) is 0 Å². The van der Waals surface area contributed by atoms with Gasteiger partial charge < -0.3 is 0 Å². The summed E-state index contributed by atoms with van der Waals surface area (Å²) in [6.07, 6.45) is 8.21. The molecule has 0 fully saturated rings. The fourth-order valence-electron chi connectivity index (χ4n) is 2.66. The zero-order valence-corrected chi connectivity index (χ0v) is 12.5. The summed E-state index contributed by atoms with van der Waals surface area (Å²) in [5.74, 6) is 0.917. The minimum atomic E-state index is 0.893. The van der Waals surface area contributed by atoms with Crippen molar-refractivity contribution in [3.05, 3.63) is 65.8 Å². The van der Waals surface area contributed by atoms with Gasteiger partial charge in [0.2, 0.25) is 0 Å². The molecule has 2 heterocycles. The fourth-order valence-corrected chi connectivity index (χ4v) is 2.66. The molecule has 0 aliphatic carbocycles. The second-order valence-corrected chi connectivity index (χ2v) is 5.44. The van der Waals surface area contributed by atoms with Crippen LogP contribution in [-0.4, -0.2) is 28.0 Å². The molecule has 1 aromatic heterocycles. The van der Waals surface area contributed by atoms with Crippen LogP contribution in [0.3, 0.4) is 0 Å². The SMILES string of the molecule is CCc1ncc(C2=CCN(Cc3ccccc3)CC2)cn1. The van der Waals surface area contributed by atoms with E-state index in [1.807, 2.05) is 12.4 Å². The standard InChI is InChI=1S/C18H21N3/c1-2-18-19-12-17(13-20-18)16-8-10-21(11-9-16)14-15-6-4-3-5-7-15/h3-8,12-13H,2,9-11,14H2,1H3. The van der Waals surface area contributed by atoms with Gasteiger partial charge in [-0.1, -0.05) is 43.3 Å². The van der Waals surface area contributed by atoms with Crippen molar-refractivity contribution >= 4 is 5.57 Å². The molecule has 3 rings (SSSR count). The molecule has 0 amide bonds. The van der Waals surface area contributed by atoms with Crippen LogP contribution in [0.4, 0.5) is 0 Å². The molecule has 0 radical (unpaired) electrons. The first-order chi connectivity index (χ1) is 10.3. The maximum atomic E-state index is 4.39. The molecule has 0 saturated heterocycles. The average Bonchev–Trinajstić information content (AvgIpc) is 2.57. The highest BCUT2D eigenvalue weighted by atomic mass is 15.1. The van der Waals surface area contributed by atoms with Crippen LogP contribution in [0, 0.1) is 0 Å². The van der Waals surface area contributed by atoms with Crippen LogP contribution in [0.25, 0.3) is 5.57 Å². The van der Waals surface area contributed by atoms with Gasteiger partial charge in [0, 0.05) is 44.0 Å². The highest BCUT2D eigenvalue weighted by Gasteiger charge is 2.13. The Morgan fingerprint density at radius 1 is 1.10 bits per heavy atom. The second kappa shape index (κ2) is 6.64. The molecule has 1 aliphatic rings. The van der Waals surface area contributed by atoms with Crippen LogP contribution in [0.15, 0.2) is 48.8 Å². The van der Waals surface area contributed by atoms with Crippen molar-refractivity contribution in [3.63, 3.8) is 0 Å². The van der Waals surface area contributed by atoms with E-state index in [2.05, 4.69) is 58.2 Å². The van der Waals surface area contributed by atoms with Crippen molar-refractivity contribution in [3.8, 4) is 0 Å². The number of nitrogens with zero attached hydrogens (tertiary/aromatic N) is 3. The van der Waals surface area contributed by atoms with Crippen molar-refractivity contribution in [2.75, 3.05) is 13.1 Å². The largest absolute Gasteiger partial charge is 0.295 e. The van der Waals surface area contributed by atoms with Gasteiger partial charge in [0.05, 0.1) is 0 Å². The first kappa shape index (κ1) is 14.0. The summed E-state index contributed by atoms with van der Waals surface area (Å²) in [4.78, 5) is 11.3. The first-order valence-electron chi connectivity index (χ1n) is 7.62. The van der Waals surface area contributed by atoms with E-state index in [0.717, 1.165) is 38.3 Å². The molecule has 0 N–H and O–H groups in total. The minimum absolute atomic E-state index is 0.893. The lowest BCUT2D eigenvalue weighted by Crippen LogP contribution is -2.28. The summed E-state index contributed by atoms with van der Waals surface area (Å²) < 4.78 is 0. The van der Waals surface area contributed by atoms with Crippen molar-refractivity contribution in [2.45, 2.75) is 26.3 Å². The quantitative estimate of drug-likeness (QED) is 0.859. The lowest BCUT2D eigenvalue weighted by atomic mass is 10.0. The van der Waals surface area contributed by atoms with Gasteiger partial charge in [0.15, 0.2) is 0 Å². The van der Waals surface area contributed by atoms with Gasteiger partial charge in [-0.3, -0.25) is 4.90 Å². The van der Waals surface area contributed by atoms with Gasteiger partial charge in [-0.25, -0.2) is 9.97 Å². The van der Waals surface area contributed by atoms with E-state index in [9.17, 15) is 0 Å².